The summed E-state index contributed by atoms with van der Waals surface area (Å²) >= 11 is 0. The first kappa shape index (κ1) is 12.5. The molecule has 3 heteroatoms. The summed E-state index contributed by atoms with van der Waals surface area (Å²) < 4.78 is 0. The summed E-state index contributed by atoms with van der Waals surface area (Å²) in [4.78, 5) is 4.03. The SMILES string of the molecule is CNCC1(CNCCc2ccncc2)CCC1. The Balaban J connectivity index is 1.66. The Morgan fingerprint density at radius 3 is 2.59 bits per heavy atom. The van der Waals surface area contributed by atoms with Crippen LogP contribution in [0.1, 0.15) is 24.8 Å². The van der Waals surface area contributed by atoms with Gasteiger partial charge in [-0.05, 0) is 56.0 Å². The first-order valence-corrected chi connectivity index (χ1v) is 6.59. The number of pyridine rings is 1. The Bertz CT molecular complexity index is 319. The fourth-order valence-corrected chi connectivity index (χ4v) is 2.60. The van der Waals surface area contributed by atoms with Crippen LogP contribution in [0.2, 0.25) is 0 Å². The third kappa shape index (κ3) is 3.51. The Labute approximate surface area is 104 Å². The fourth-order valence-electron chi connectivity index (χ4n) is 2.60. The smallest absolute Gasteiger partial charge is 0.0270 e. The van der Waals surface area contributed by atoms with Crippen LogP contribution in [0.3, 0.4) is 0 Å². The summed E-state index contributed by atoms with van der Waals surface area (Å²) in [6.45, 7) is 3.36. The quantitative estimate of drug-likeness (QED) is 0.703. The van der Waals surface area contributed by atoms with E-state index in [9.17, 15) is 0 Å². The lowest BCUT2D eigenvalue weighted by molar-refractivity contribution is 0.131. The van der Waals surface area contributed by atoms with Gasteiger partial charge in [-0.15, -0.1) is 0 Å². The maximum Gasteiger partial charge on any atom is 0.0270 e. The molecule has 17 heavy (non-hydrogen) atoms. The molecule has 0 unspecified atom stereocenters. The van der Waals surface area contributed by atoms with E-state index in [4.69, 9.17) is 0 Å². The molecule has 0 amide bonds. The second kappa shape index (κ2) is 6.12. The minimum atomic E-state index is 0.535. The molecule has 2 rings (SSSR count). The number of aromatic nitrogens is 1. The standard InChI is InChI=1S/C14H23N3/c1-15-11-14(6-2-7-14)12-17-10-5-13-3-8-16-9-4-13/h3-4,8-9,15,17H,2,5-7,10-12H2,1H3. The van der Waals surface area contributed by atoms with Gasteiger partial charge in [0.2, 0.25) is 0 Å². The van der Waals surface area contributed by atoms with Crippen molar-refractivity contribution in [3.63, 3.8) is 0 Å². The first-order valence-electron chi connectivity index (χ1n) is 6.59. The Morgan fingerprint density at radius 2 is 2.00 bits per heavy atom. The van der Waals surface area contributed by atoms with E-state index in [1.54, 1.807) is 0 Å². The third-order valence-corrected chi connectivity index (χ3v) is 3.81. The lowest BCUT2D eigenvalue weighted by atomic mass is 9.68. The normalized spacial score (nSPS) is 17.7. The molecule has 3 nitrogen and oxygen atoms in total. The van der Waals surface area contributed by atoms with Crippen molar-refractivity contribution in [1.82, 2.24) is 15.6 Å². The molecular formula is C14H23N3. The molecule has 1 aliphatic carbocycles. The number of nitrogens with zero attached hydrogens (tertiary/aromatic N) is 1. The van der Waals surface area contributed by atoms with Gasteiger partial charge in [0.15, 0.2) is 0 Å². The topological polar surface area (TPSA) is 37.0 Å². The first-order chi connectivity index (χ1) is 8.35. The number of nitrogens with one attached hydrogen (secondary N) is 2. The van der Waals surface area contributed by atoms with E-state index in [0.29, 0.717) is 5.41 Å². The van der Waals surface area contributed by atoms with Gasteiger partial charge >= 0.3 is 0 Å². The van der Waals surface area contributed by atoms with Gasteiger partial charge in [-0.3, -0.25) is 4.98 Å². The molecule has 0 saturated heterocycles. The summed E-state index contributed by atoms with van der Waals surface area (Å²) in [6.07, 6.45) is 8.96. The minimum absolute atomic E-state index is 0.535. The van der Waals surface area contributed by atoms with Crippen molar-refractivity contribution >= 4 is 0 Å². The van der Waals surface area contributed by atoms with Crippen molar-refractivity contribution in [2.45, 2.75) is 25.7 Å². The highest BCUT2D eigenvalue weighted by Crippen LogP contribution is 2.39. The average molecular weight is 233 g/mol. The van der Waals surface area contributed by atoms with E-state index in [2.05, 4.69) is 34.8 Å². The molecule has 0 radical (unpaired) electrons. The predicted octanol–water partition coefficient (Wildman–Crippen LogP) is 1.60. The second-order valence-electron chi connectivity index (χ2n) is 5.17. The van der Waals surface area contributed by atoms with Gasteiger partial charge in [0.25, 0.3) is 0 Å². The van der Waals surface area contributed by atoms with E-state index in [1.165, 1.54) is 24.8 Å². The highest BCUT2D eigenvalue weighted by Gasteiger charge is 2.35. The molecule has 2 N–H and O–H groups in total. The van der Waals surface area contributed by atoms with Crippen LogP contribution in [0.4, 0.5) is 0 Å². The Hall–Kier alpha value is -0.930. The van der Waals surface area contributed by atoms with Crippen molar-refractivity contribution in [3.8, 4) is 0 Å². The monoisotopic (exact) mass is 233 g/mol. The van der Waals surface area contributed by atoms with Gasteiger partial charge in [-0.25, -0.2) is 0 Å². The van der Waals surface area contributed by atoms with Crippen molar-refractivity contribution in [2.24, 2.45) is 5.41 Å². The Morgan fingerprint density at radius 1 is 1.24 bits per heavy atom. The maximum atomic E-state index is 4.03. The van der Waals surface area contributed by atoms with Gasteiger partial charge in [0, 0.05) is 25.5 Å². The predicted molar refractivity (Wildman–Crippen MR) is 71.0 cm³/mol. The lowest BCUT2D eigenvalue weighted by Crippen LogP contribution is -2.46. The average Bonchev–Trinajstić information content (AvgIpc) is 2.32. The largest absolute Gasteiger partial charge is 0.319 e. The molecule has 1 aromatic rings. The van der Waals surface area contributed by atoms with Gasteiger partial charge in [0.05, 0.1) is 0 Å². The molecule has 0 aliphatic heterocycles. The van der Waals surface area contributed by atoms with Crippen LogP contribution in [0.15, 0.2) is 24.5 Å². The van der Waals surface area contributed by atoms with Crippen LogP contribution >= 0.6 is 0 Å². The van der Waals surface area contributed by atoms with E-state index >= 15 is 0 Å². The van der Waals surface area contributed by atoms with Crippen LogP contribution in [0.5, 0.6) is 0 Å². The third-order valence-electron chi connectivity index (χ3n) is 3.81. The van der Waals surface area contributed by atoms with Gasteiger partial charge in [0.1, 0.15) is 0 Å². The zero-order valence-corrected chi connectivity index (χ0v) is 10.7. The second-order valence-corrected chi connectivity index (χ2v) is 5.17. The van der Waals surface area contributed by atoms with Crippen molar-refractivity contribution < 1.29 is 0 Å². The van der Waals surface area contributed by atoms with E-state index in [0.717, 1.165) is 26.1 Å². The van der Waals surface area contributed by atoms with Crippen molar-refractivity contribution in [3.05, 3.63) is 30.1 Å². The van der Waals surface area contributed by atoms with Crippen molar-refractivity contribution in [2.75, 3.05) is 26.7 Å². The highest BCUT2D eigenvalue weighted by molar-refractivity contribution is 5.09. The number of hydrogen-bond acceptors (Lipinski definition) is 3. The molecule has 1 heterocycles. The van der Waals surface area contributed by atoms with Gasteiger partial charge in [-0.1, -0.05) is 6.42 Å². The van der Waals surface area contributed by atoms with E-state index < -0.39 is 0 Å². The molecule has 94 valence electrons. The van der Waals surface area contributed by atoms with E-state index in [-0.39, 0.29) is 0 Å². The van der Waals surface area contributed by atoms with Crippen molar-refractivity contribution in [1.29, 1.82) is 0 Å². The summed E-state index contributed by atoms with van der Waals surface area (Å²) in [5, 5.41) is 6.92. The molecule has 0 bridgehead atoms. The van der Waals surface area contributed by atoms with Crippen LogP contribution < -0.4 is 10.6 Å². The molecule has 1 aliphatic rings. The molecule has 0 aromatic carbocycles. The number of hydrogen-bond donors (Lipinski definition) is 2. The summed E-state index contributed by atoms with van der Waals surface area (Å²) in [5.41, 5.74) is 1.90. The fraction of sp³-hybridized carbons (Fsp3) is 0.643. The summed E-state index contributed by atoms with van der Waals surface area (Å²) in [7, 11) is 2.05. The van der Waals surface area contributed by atoms with Gasteiger partial charge < -0.3 is 10.6 Å². The molecule has 0 atom stereocenters. The highest BCUT2D eigenvalue weighted by atomic mass is 14.9. The molecular weight excluding hydrogens is 210 g/mol. The molecule has 1 saturated carbocycles. The van der Waals surface area contributed by atoms with Crippen LogP contribution in [0.25, 0.3) is 0 Å². The maximum absolute atomic E-state index is 4.03. The molecule has 1 fully saturated rings. The number of rotatable bonds is 7. The Kier molecular flexibility index (Phi) is 4.51. The lowest BCUT2D eigenvalue weighted by Gasteiger charge is -2.42. The van der Waals surface area contributed by atoms with Crippen LogP contribution in [-0.4, -0.2) is 31.7 Å². The summed E-state index contributed by atoms with van der Waals surface area (Å²) in [5.74, 6) is 0. The van der Waals surface area contributed by atoms with E-state index in [1.807, 2.05) is 12.4 Å². The summed E-state index contributed by atoms with van der Waals surface area (Å²) in [6, 6.07) is 4.18. The van der Waals surface area contributed by atoms with Crippen LogP contribution in [-0.2, 0) is 6.42 Å². The molecule has 0 spiro atoms. The van der Waals surface area contributed by atoms with Crippen LogP contribution in [0, 0.1) is 5.41 Å². The van der Waals surface area contributed by atoms with Gasteiger partial charge in [-0.2, -0.15) is 0 Å². The zero-order valence-electron chi connectivity index (χ0n) is 10.7. The molecule has 1 aromatic heterocycles. The minimum Gasteiger partial charge on any atom is -0.319 e. The zero-order chi connectivity index (χ0) is 12.0.